The predicted molar refractivity (Wildman–Crippen MR) is 81.6 cm³/mol. The van der Waals surface area contributed by atoms with Crippen LogP contribution in [0.5, 0.6) is 0 Å². The highest BCUT2D eigenvalue weighted by Gasteiger charge is 2.42. The van der Waals surface area contributed by atoms with Crippen LogP contribution in [-0.2, 0) is 15.6 Å². The molecule has 0 saturated carbocycles. The topological polar surface area (TPSA) is 49.4 Å². The van der Waals surface area contributed by atoms with E-state index in [1.807, 2.05) is 13.8 Å². The standard InChI is InChI=1S/C15H21FN2O2S/c1-4-13-15(19)18(10(2)9-21(3)20)14(17-13)11-7-5-6-8-12(11)16/h5-8,10,13-14,17H,4,9H2,1-3H3. The van der Waals surface area contributed by atoms with E-state index in [9.17, 15) is 13.4 Å². The average molecular weight is 312 g/mol. The van der Waals surface area contributed by atoms with E-state index in [1.165, 1.54) is 6.07 Å². The Kier molecular flexibility index (Phi) is 5.11. The Morgan fingerprint density at radius 3 is 2.67 bits per heavy atom. The van der Waals surface area contributed by atoms with Crippen LogP contribution in [0.3, 0.4) is 0 Å². The molecule has 4 nitrogen and oxygen atoms in total. The highest BCUT2D eigenvalue weighted by Crippen LogP contribution is 2.30. The molecule has 1 amide bonds. The zero-order chi connectivity index (χ0) is 15.6. The van der Waals surface area contributed by atoms with Gasteiger partial charge in [-0.25, -0.2) is 4.39 Å². The molecule has 1 N–H and O–H groups in total. The number of benzene rings is 1. The molecular formula is C15H21FN2O2S. The van der Waals surface area contributed by atoms with Crippen molar-refractivity contribution < 1.29 is 13.4 Å². The minimum absolute atomic E-state index is 0.0521. The molecule has 1 saturated heterocycles. The Labute approximate surface area is 127 Å². The molecule has 1 heterocycles. The van der Waals surface area contributed by atoms with Crippen LogP contribution in [0.1, 0.15) is 32.0 Å². The van der Waals surface area contributed by atoms with Gasteiger partial charge < -0.3 is 4.90 Å². The second-order valence-corrected chi connectivity index (χ2v) is 6.87. The van der Waals surface area contributed by atoms with E-state index in [0.717, 1.165) is 0 Å². The van der Waals surface area contributed by atoms with Gasteiger partial charge in [-0.3, -0.25) is 14.3 Å². The molecule has 0 aliphatic carbocycles. The van der Waals surface area contributed by atoms with E-state index in [2.05, 4.69) is 5.32 Å². The molecule has 0 radical (unpaired) electrons. The van der Waals surface area contributed by atoms with Crippen molar-refractivity contribution in [1.29, 1.82) is 0 Å². The summed E-state index contributed by atoms with van der Waals surface area (Å²) in [6.07, 6.45) is 1.75. The lowest BCUT2D eigenvalue weighted by Gasteiger charge is -2.30. The van der Waals surface area contributed by atoms with Crippen LogP contribution in [0, 0.1) is 5.82 Å². The first-order valence-electron chi connectivity index (χ1n) is 7.08. The third-order valence-electron chi connectivity index (χ3n) is 3.75. The van der Waals surface area contributed by atoms with Crippen LogP contribution >= 0.6 is 0 Å². The summed E-state index contributed by atoms with van der Waals surface area (Å²) >= 11 is 0. The van der Waals surface area contributed by atoms with Crippen LogP contribution in [0.2, 0.25) is 0 Å². The van der Waals surface area contributed by atoms with Crippen molar-refractivity contribution in [3.63, 3.8) is 0 Å². The molecule has 1 aromatic rings. The monoisotopic (exact) mass is 312 g/mol. The minimum atomic E-state index is -1.01. The molecule has 1 fully saturated rings. The average Bonchev–Trinajstić information content (AvgIpc) is 2.75. The quantitative estimate of drug-likeness (QED) is 0.902. The van der Waals surface area contributed by atoms with Crippen molar-refractivity contribution >= 4 is 16.7 Å². The predicted octanol–water partition coefficient (Wildman–Crippen LogP) is 1.80. The van der Waals surface area contributed by atoms with Gasteiger partial charge in [-0.05, 0) is 19.4 Å². The summed E-state index contributed by atoms with van der Waals surface area (Å²) < 4.78 is 25.5. The van der Waals surface area contributed by atoms with Gasteiger partial charge in [0.05, 0.1) is 6.04 Å². The number of rotatable bonds is 5. The molecule has 1 aromatic carbocycles. The third-order valence-corrected chi connectivity index (χ3v) is 4.70. The van der Waals surface area contributed by atoms with E-state index in [0.29, 0.717) is 17.7 Å². The van der Waals surface area contributed by atoms with Crippen molar-refractivity contribution in [3.8, 4) is 0 Å². The lowest BCUT2D eigenvalue weighted by Crippen LogP contribution is -2.41. The molecule has 1 aliphatic heterocycles. The molecule has 0 bridgehead atoms. The van der Waals surface area contributed by atoms with Crippen LogP contribution in [0.4, 0.5) is 4.39 Å². The summed E-state index contributed by atoms with van der Waals surface area (Å²) in [6, 6.07) is 5.92. The summed E-state index contributed by atoms with van der Waals surface area (Å²) in [4.78, 5) is 14.1. The number of hydrogen-bond donors (Lipinski definition) is 1. The van der Waals surface area contributed by atoms with E-state index in [1.54, 1.807) is 29.4 Å². The highest BCUT2D eigenvalue weighted by molar-refractivity contribution is 7.84. The Bertz CT molecular complexity index is 552. The summed E-state index contributed by atoms with van der Waals surface area (Å²) in [5.74, 6) is -0.00693. The second-order valence-electron chi connectivity index (χ2n) is 5.39. The van der Waals surface area contributed by atoms with Gasteiger partial charge in [-0.15, -0.1) is 0 Å². The van der Waals surface area contributed by atoms with Gasteiger partial charge in [-0.1, -0.05) is 25.1 Å². The Morgan fingerprint density at radius 2 is 2.10 bits per heavy atom. The van der Waals surface area contributed by atoms with E-state index < -0.39 is 17.0 Å². The number of halogens is 1. The van der Waals surface area contributed by atoms with Gasteiger partial charge in [0.2, 0.25) is 5.91 Å². The molecule has 21 heavy (non-hydrogen) atoms. The maximum absolute atomic E-state index is 14.1. The molecular weight excluding hydrogens is 291 g/mol. The fourth-order valence-corrected chi connectivity index (χ4v) is 3.61. The summed E-state index contributed by atoms with van der Waals surface area (Å²) in [6.45, 7) is 3.77. The number of nitrogens with one attached hydrogen (secondary N) is 1. The van der Waals surface area contributed by atoms with E-state index in [-0.39, 0.29) is 23.8 Å². The number of carbonyl (C=O) groups is 1. The lowest BCUT2D eigenvalue weighted by atomic mass is 10.1. The van der Waals surface area contributed by atoms with Gasteiger partial charge in [-0.2, -0.15) is 0 Å². The first kappa shape index (κ1) is 16.1. The van der Waals surface area contributed by atoms with Crippen molar-refractivity contribution in [2.45, 2.75) is 38.5 Å². The van der Waals surface area contributed by atoms with Crippen molar-refractivity contribution in [1.82, 2.24) is 10.2 Å². The van der Waals surface area contributed by atoms with Gasteiger partial charge in [0.15, 0.2) is 0 Å². The van der Waals surface area contributed by atoms with Crippen molar-refractivity contribution in [2.75, 3.05) is 12.0 Å². The van der Waals surface area contributed by atoms with Crippen LogP contribution in [-0.4, -0.2) is 39.1 Å². The maximum Gasteiger partial charge on any atom is 0.241 e. The number of hydrogen-bond acceptors (Lipinski definition) is 3. The molecule has 2 rings (SSSR count). The van der Waals surface area contributed by atoms with E-state index >= 15 is 0 Å². The molecule has 116 valence electrons. The lowest BCUT2D eigenvalue weighted by molar-refractivity contribution is -0.131. The molecule has 0 aromatic heterocycles. The summed E-state index contributed by atoms with van der Waals surface area (Å²) in [5, 5.41) is 3.19. The maximum atomic E-state index is 14.1. The van der Waals surface area contributed by atoms with Gasteiger partial charge in [0, 0.05) is 34.4 Å². The smallest absolute Gasteiger partial charge is 0.241 e. The fraction of sp³-hybridized carbons (Fsp3) is 0.533. The van der Waals surface area contributed by atoms with Gasteiger partial charge >= 0.3 is 0 Å². The molecule has 6 heteroatoms. The first-order chi connectivity index (χ1) is 9.95. The number of carbonyl (C=O) groups excluding carboxylic acids is 1. The Hall–Kier alpha value is -1.27. The Balaban J connectivity index is 2.35. The fourth-order valence-electron chi connectivity index (χ4n) is 2.77. The molecule has 4 unspecified atom stereocenters. The second kappa shape index (κ2) is 6.66. The Morgan fingerprint density at radius 1 is 1.43 bits per heavy atom. The van der Waals surface area contributed by atoms with Crippen molar-refractivity contribution in [2.24, 2.45) is 0 Å². The molecule has 1 aliphatic rings. The number of amides is 1. The molecule has 4 atom stereocenters. The minimum Gasteiger partial charge on any atom is -0.318 e. The molecule has 0 spiro atoms. The van der Waals surface area contributed by atoms with E-state index in [4.69, 9.17) is 0 Å². The zero-order valence-corrected chi connectivity index (χ0v) is 13.3. The van der Waals surface area contributed by atoms with Crippen LogP contribution in [0.15, 0.2) is 24.3 Å². The summed E-state index contributed by atoms with van der Waals surface area (Å²) in [5.41, 5.74) is 0.454. The van der Waals surface area contributed by atoms with Crippen LogP contribution < -0.4 is 5.32 Å². The zero-order valence-electron chi connectivity index (χ0n) is 12.5. The normalized spacial score (nSPS) is 25.1. The van der Waals surface area contributed by atoms with Crippen molar-refractivity contribution in [3.05, 3.63) is 35.6 Å². The van der Waals surface area contributed by atoms with Gasteiger partial charge in [0.1, 0.15) is 12.0 Å². The third kappa shape index (κ3) is 3.32. The van der Waals surface area contributed by atoms with Gasteiger partial charge in [0.25, 0.3) is 0 Å². The summed E-state index contributed by atoms with van der Waals surface area (Å²) in [7, 11) is -1.01. The highest BCUT2D eigenvalue weighted by atomic mass is 32.2. The first-order valence-corrected chi connectivity index (χ1v) is 8.81. The van der Waals surface area contributed by atoms with Crippen LogP contribution in [0.25, 0.3) is 0 Å². The largest absolute Gasteiger partial charge is 0.318 e. The SMILES string of the molecule is CCC1NC(c2ccccc2F)N(C(C)CS(C)=O)C1=O. The number of nitrogens with zero attached hydrogens (tertiary/aromatic N) is 1.